The Balaban J connectivity index is 2.38. The van der Waals surface area contributed by atoms with Gasteiger partial charge in [0.15, 0.2) is 0 Å². The summed E-state index contributed by atoms with van der Waals surface area (Å²) in [6, 6.07) is 0. The summed E-state index contributed by atoms with van der Waals surface area (Å²) in [6.07, 6.45) is 1.04. The van der Waals surface area contributed by atoms with E-state index in [1.165, 1.54) is 0 Å². The topological polar surface area (TPSA) is 58.7 Å². The number of aliphatic hydroxyl groups excluding tert-OH is 1. The Morgan fingerprint density at radius 2 is 2.38 bits per heavy atom. The summed E-state index contributed by atoms with van der Waals surface area (Å²) in [6.45, 7) is 4.09. The van der Waals surface area contributed by atoms with Crippen LogP contribution in [0.4, 0.5) is 0 Å². The van der Waals surface area contributed by atoms with Gasteiger partial charge in [-0.15, -0.1) is 0 Å². The Hall–Kier alpha value is -0.160. The second-order valence-corrected chi connectivity index (χ2v) is 3.97. The van der Waals surface area contributed by atoms with Crippen molar-refractivity contribution in [2.45, 2.75) is 6.42 Å². The van der Waals surface area contributed by atoms with E-state index in [9.17, 15) is 0 Å². The smallest absolute Gasteiger partial charge is 0.0558 e. The van der Waals surface area contributed by atoms with Crippen molar-refractivity contribution in [2.75, 3.05) is 46.5 Å². The summed E-state index contributed by atoms with van der Waals surface area (Å²) in [4.78, 5) is 2.11. The first-order chi connectivity index (χ1) is 6.22. The Bertz CT molecular complexity index is 147. The van der Waals surface area contributed by atoms with E-state index in [2.05, 4.69) is 4.90 Å². The van der Waals surface area contributed by atoms with E-state index in [-0.39, 0.29) is 12.0 Å². The summed E-state index contributed by atoms with van der Waals surface area (Å²) in [5.41, 5.74) is 5.87. The van der Waals surface area contributed by atoms with Gasteiger partial charge in [-0.3, -0.25) is 0 Å². The van der Waals surface area contributed by atoms with Crippen LogP contribution in [0.15, 0.2) is 0 Å². The van der Waals surface area contributed by atoms with Gasteiger partial charge in [-0.2, -0.15) is 0 Å². The largest absolute Gasteiger partial charge is 0.395 e. The normalized spacial score (nSPS) is 28.6. The minimum Gasteiger partial charge on any atom is -0.395 e. The fourth-order valence-corrected chi connectivity index (χ4v) is 1.82. The molecular weight excluding hydrogens is 168 g/mol. The molecule has 4 nitrogen and oxygen atoms in total. The number of nitrogens with zero attached hydrogens (tertiary/aromatic N) is 1. The van der Waals surface area contributed by atoms with Crippen molar-refractivity contribution in [3.63, 3.8) is 0 Å². The number of likely N-dealkylation sites (N-methyl/N-ethyl adjacent to an activating group) is 1. The fourth-order valence-electron chi connectivity index (χ4n) is 1.82. The molecule has 4 heteroatoms. The van der Waals surface area contributed by atoms with Crippen LogP contribution in [0.3, 0.4) is 0 Å². The van der Waals surface area contributed by atoms with Crippen molar-refractivity contribution in [3.8, 4) is 0 Å². The molecule has 0 bridgehead atoms. The predicted molar refractivity (Wildman–Crippen MR) is 51.5 cm³/mol. The molecular formula is C9H20N2O2. The molecule has 1 atom stereocenters. The van der Waals surface area contributed by atoms with Gasteiger partial charge in [0.2, 0.25) is 0 Å². The van der Waals surface area contributed by atoms with Gasteiger partial charge in [0.25, 0.3) is 0 Å². The van der Waals surface area contributed by atoms with Gasteiger partial charge in [-0.05, 0) is 13.5 Å². The Morgan fingerprint density at radius 3 is 2.85 bits per heavy atom. The molecule has 0 radical (unpaired) electrons. The number of hydrogen-bond donors (Lipinski definition) is 2. The fraction of sp³-hybridized carbons (Fsp3) is 1.00. The third-order valence-electron chi connectivity index (χ3n) is 2.71. The molecule has 0 aromatic rings. The molecule has 3 N–H and O–H groups in total. The number of nitrogens with two attached hydrogens (primary N) is 1. The molecule has 0 aromatic heterocycles. The third kappa shape index (κ3) is 2.91. The van der Waals surface area contributed by atoms with Gasteiger partial charge >= 0.3 is 0 Å². The second-order valence-electron chi connectivity index (χ2n) is 3.97. The monoisotopic (exact) mass is 188 g/mol. The van der Waals surface area contributed by atoms with Crippen LogP contribution in [0.2, 0.25) is 0 Å². The number of rotatable bonds is 5. The molecule has 1 aliphatic heterocycles. The maximum atomic E-state index is 8.76. The SMILES string of the molecule is CN(CCO)CC1(CN)CCOC1. The maximum Gasteiger partial charge on any atom is 0.0558 e. The number of aliphatic hydroxyl groups is 1. The molecule has 1 aliphatic rings. The summed E-state index contributed by atoms with van der Waals surface area (Å²) in [7, 11) is 2.01. The second kappa shape index (κ2) is 4.91. The highest BCUT2D eigenvalue weighted by atomic mass is 16.5. The van der Waals surface area contributed by atoms with Crippen LogP contribution in [-0.4, -0.2) is 56.5 Å². The number of hydrogen-bond acceptors (Lipinski definition) is 4. The summed E-state index contributed by atoms with van der Waals surface area (Å²) >= 11 is 0. The van der Waals surface area contributed by atoms with E-state index in [0.29, 0.717) is 13.1 Å². The predicted octanol–water partition coefficient (Wildman–Crippen LogP) is -0.724. The molecule has 1 fully saturated rings. The van der Waals surface area contributed by atoms with Gasteiger partial charge in [-0.1, -0.05) is 0 Å². The highest BCUT2D eigenvalue weighted by molar-refractivity contribution is 4.86. The lowest BCUT2D eigenvalue weighted by atomic mass is 9.87. The van der Waals surface area contributed by atoms with Gasteiger partial charge < -0.3 is 20.5 Å². The van der Waals surface area contributed by atoms with Gasteiger partial charge in [0.1, 0.15) is 0 Å². The summed E-state index contributed by atoms with van der Waals surface area (Å²) in [5.74, 6) is 0. The molecule has 78 valence electrons. The standard InChI is InChI=1S/C9H20N2O2/c1-11(3-4-12)7-9(6-10)2-5-13-8-9/h12H,2-8,10H2,1H3. The minimum atomic E-state index is 0.129. The minimum absolute atomic E-state index is 0.129. The summed E-state index contributed by atoms with van der Waals surface area (Å²) in [5, 5.41) is 8.76. The van der Waals surface area contributed by atoms with Crippen molar-refractivity contribution < 1.29 is 9.84 Å². The van der Waals surface area contributed by atoms with Crippen LogP contribution in [0.1, 0.15) is 6.42 Å². The zero-order chi connectivity index (χ0) is 9.73. The van der Waals surface area contributed by atoms with Gasteiger partial charge in [0, 0.05) is 31.7 Å². The van der Waals surface area contributed by atoms with Crippen LogP contribution in [0.25, 0.3) is 0 Å². The first kappa shape index (κ1) is 10.9. The van der Waals surface area contributed by atoms with Crippen LogP contribution < -0.4 is 5.73 Å². The molecule has 0 spiro atoms. The molecule has 0 saturated carbocycles. The van der Waals surface area contributed by atoms with E-state index in [1.807, 2.05) is 7.05 Å². The average molecular weight is 188 g/mol. The van der Waals surface area contributed by atoms with E-state index in [0.717, 1.165) is 26.2 Å². The Kier molecular flexibility index (Phi) is 4.12. The lowest BCUT2D eigenvalue weighted by Gasteiger charge is -2.30. The van der Waals surface area contributed by atoms with E-state index >= 15 is 0 Å². The van der Waals surface area contributed by atoms with Gasteiger partial charge in [0.05, 0.1) is 13.2 Å². The van der Waals surface area contributed by atoms with Crippen molar-refractivity contribution in [2.24, 2.45) is 11.1 Å². The van der Waals surface area contributed by atoms with Crippen molar-refractivity contribution in [3.05, 3.63) is 0 Å². The highest BCUT2D eigenvalue weighted by Gasteiger charge is 2.34. The van der Waals surface area contributed by atoms with Crippen molar-refractivity contribution in [1.82, 2.24) is 4.90 Å². The molecule has 1 unspecified atom stereocenters. The molecule has 1 saturated heterocycles. The van der Waals surface area contributed by atoms with E-state index < -0.39 is 0 Å². The van der Waals surface area contributed by atoms with Gasteiger partial charge in [-0.25, -0.2) is 0 Å². The van der Waals surface area contributed by atoms with E-state index in [1.54, 1.807) is 0 Å². The van der Waals surface area contributed by atoms with Crippen molar-refractivity contribution in [1.29, 1.82) is 0 Å². The Labute approximate surface area is 79.7 Å². The first-order valence-corrected chi connectivity index (χ1v) is 4.80. The Morgan fingerprint density at radius 1 is 1.62 bits per heavy atom. The molecule has 0 aromatic carbocycles. The van der Waals surface area contributed by atoms with E-state index in [4.69, 9.17) is 15.6 Å². The molecule has 0 aliphatic carbocycles. The lowest BCUT2D eigenvalue weighted by molar-refractivity contribution is 0.116. The molecule has 13 heavy (non-hydrogen) atoms. The third-order valence-corrected chi connectivity index (χ3v) is 2.71. The van der Waals surface area contributed by atoms with Crippen LogP contribution in [-0.2, 0) is 4.74 Å². The lowest BCUT2D eigenvalue weighted by Crippen LogP contribution is -2.42. The molecule has 0 amide bonds. The molecule has 1 rings (SSSR count). The zero-order valence-electron chi connectivity index (χ0n) is 8.33. The highest BCUT2D eigenvalue weighted by Crippen LogP contribution is 2.27. The van der Waals surface area contributed by atoms with Crippen LogP contribution in [0.5, 0.6) is 0 Å². The summed E-state index contributed by atoms with van der Waals surface area (Å²) < 4.78 is 5.36. The number of ether oxygens (including phenoxy) is 1. The molecule has 1 heterocycles. The zero-order valence-corrected chi connectivity index (χ0v) is 8.33. The van der Waals surface area contributed by atoms with Crippen LogP contribution in [0, 0.1) is 5.41 Å². The first-order valence-electron chi connectivity index (χ1n) is 4.80. The van der Waals surface area contributed by atoms with Crippen molar-refractivity contribution >= 4 is 0 Å². The van der Waals surface area contributed by atoms with Crippen LogP contribution >= 0.6 is 0 Å². The quantitative estimate of drug-likeness (QED) is 0.597. The maximum absolute atomic E-state index is 8.76. The average Bonchev–Trinajstić information content (AvgIpc) is 2.54.